The largest absolute Gasteiger partial charge is 0.481 e. The summed E-state index contributed by atoms with van der Waals surface area (Å²) in [5.41, 5.74) is 7.08. The number of nitrogens with zero attached hydrogens (tertiary/aromatic N) is 1. The van der Waals surface area contributed by atoms with Crippen LogP contribution in [0.4, 0.5) is 0 Å². The molecule has 0 aliphatic carbocycles. The molecule has 1 amide bonds. The third-order valence-corrected chi connectivity index (χ3v) is 4.64. The van der Waals surface area contributed by atoms with E-state index in [1.54, 1.807) is 0 Å². The minimum Gasteiger partial charge on any atom is -0.481 e. The Bertz CT molecular complexity index is 511. The molecular formula is C19H30N2O2. The number of nitrogens with two attached hydrogens (primary N) is 1. The van der Waals surface area contributed by atoms with E-state index in [2.05, 4.69) is 32.9 Å². The van der Waals surface area contributed by atoms with Gasteiger partial charge >= 0.3 is 0 Å². The fourth-order valence-corrected chi connectivity index (χ4v) is 2.93. The fraction of sp³-hybridized carbons (Fsp3) is 0.632. The number of carbonyl (C=O) groups excluding carboxylic acids is 1. The van der Waals surface area contributed by atoms with Crippen molar-refractivity contribution < 1.29 is 9.53 Å². The first-order valence-electron chi connectivity index (χ1n) is 8.57. The van der Waals surface area contributed by atoms with Crippen LogP contribution in [0, 0.1) is 5.92 Å². The lowest BCUT2D eigenvalue weighted by atomic mass is 9.87. The summed E-state index contributed by atoms with van der Waals surface area (Å²) in [6.07, 6.45) is 1.54. The molecule has 0 bridgehead atoms. The fourth-order valence-electron chi connectivity index (χ4n) is 2.93. The van der Waals surface area contributed by atoms with Crippen LogP contribution in [0.5, 0.6) is 5.75 Å². The van der Waals surface area contributed by atoms with Gasteiger partial charge in [-0.3, -0.25) is 4.79 Å². The Labute approximate surface area is 140 Å². The number of benzene rings is 1. The minimum atomic E-state index is -0.454. The molecule has 1 aliphatic rings. The summed E-state index contributed by atoms with van der Waals surface area (Å²) >= 11 is 0. The van der Waals surface area contributed by atoms with Crippen LogP contribution in [-0.2, 0) is 10.2 Å². The van der Waals surface area contributed by atoms with Crippen molar-refractivity contribution >= 4 is 5.91 Å². The van der Waals surface area contributed by atoms with Crippen LogP contribution in [-0.4, -0.2) is 36.5 Å². The van der Waals surface area contributed by atoms with E-state index in [1.807, 2.05) is 24.0 Å². The zero-order valence-corrected chi connectivity index (χ0v) is 14.8. The van der Waals surface area contributed by atoms with Crippen molar-refractivity contribution in [1.82, 2.24) is 4.90 Å². The maximum atomic E-state index is 12.5. The molecule has 1 atom stereocenters. The highest BCUT2D eigenvalue weighted by molar-refractivity contribution is 5.81. The van der Waals surface area contributed by atoms with Gasteiger partial charge in [0.1, 0.15) is 5.75 Å². The van der Waals surface area contributed by atoms with Crippen LogP contribution >= 0.6 is 0 Å². The van der Waals surface area contributed by atoms with Crippen molar-refractivity contribution in [2.45, 2.75) is 52.1 Å². The summed E-state index contributed by atoms with van der Waals surface area (Å²) in [7, 11) is 0. The Kier molecular flexibility index (Phi) is 5.69. The van der Waals surface area contributed by atoms with E-state index in [-0.39, 0.29) is 11.3 Å². The molecule has 1 aromatic rings. The SMILES string of the molecule is CC(Oc1ccc(C(C)(C)C)cc1)C(=O)N1CCC(CN)CC1. The number of piperidine rings is 1. The van der Waals surface area contributed by atoms with Gasteiger partial charge in [-0.2, -0.15) is 0 Å². The van der Waals surface area contributed by atoms with Crippen LogP contribution in [0.25, 0.3) is 0 Å². The molecule has 0 radical (unpaired) electrons. The molecule has 1 aromatic carbocycles. The average molecular weight is 318 g/mol. The van der Waals surface area contributed by atoms with Gasteiger partial charge in [0, 0.05) is 13.1 Å². The first-order valence-corrected chi connectivity index (χ1v) is 8.57. The summed E-state index contributed by atoms with van der Waals surface area (Å²) < 4.78 is 5.83. The van der Waals surface area contributed by atoms with E-state index in [0.29, 0.717) is 12.5 Å². The lowest BCUT2D eigenvalue weighted by Crippen LogP contribution is -2.45. The first kappa shape index (κ1) is 17.8. The Hall–Kier alpha value is -1.55. The van der Waals surface area contributed by atoms with Gasteiger partial charge in [0.25, 0.3) is 5.91 Å². The van der Waals surface area contributed by atoms with E-state index in [0.717, 1.165) is 31.7 Å². The second-order valence-electron chi connectivity index (χ2n) is 7.54. The number of hydrogen-bond donors (Lipinski definition) is 1. The molecule has 2 N–H and O–H groups in total. The lowest BCUT2D eigenvalue weighted by molar-refractivity contribution is -0.139. The smallest absolute Gasteiger partial charge is 0.263 e. The van der Waals surface area contributed by atoms with Gasteiger partial charge in [0.05, 0.1) is 0 Å². The van der Waals surface area contributed by atoms with Crippen LogP contribution in [0.15, 0.2) is 24.3 Å². The molecule has 1 fully saturated rings. The Morgan fingerprint density at radius 1 is 1.26 bits per heavy atom. The van der Waals surface area contributed by atoms with Crippen LogP contribution in [0.2, 0.25) is 0 Å². The van der Waals surface area contributed by atoms with Crippen molar-refractivity contribution in [3.05, 3.63) is 29.8 Å². The monoisotopic (exact) mass is 318 g/mol. The molecule has 1 heterocycles. The van der Waals surface area contributed by atoms with E-state index >= 15 is 0 Å². The number of carbonyl (C=O) groups is 1. The molecule has 0 saturated carbocycles. The Balaban J connectivity index is 1.91. The predicted molar refractivity (Wildman–Crippen MR) is 93.6 cm³/mol. The highest BCUT2D eigenvalue weighted by Crippen LogP contribution is 2.25. The molecule has 4 nitrogen and oxygen atoms in total. The van der Waals surface area contributed by atoms with Gasteiger partial charge in [0.2, 0.25) is 0 Å². The molecule has 2 rings (SSSR count). The van der Waals surface area contributed by atoms with Gasteiger partial charge in [0.15, 0.2) is 6.10 Å². The van der Waals surface area contributed by atoms with Crippen molar-refractivity contribution in [2.75, 3.05) is 19.6 Å². The first-order chi connectivity index (χ1) is 10.8. The van der Waals surface area contributed by atoms with Crippen LogP contribution < -0.4 is 10.5 Å². The summed E-state index contributed by atoms with van der Waals surface area (Å²) in [4.78, 5) is 14.4. The molecule has 1 unspecified atom stereocenters. The zero-order chi connectivity index (χ0) is 17.0. The normalized spacial score (nSPS) is 17.9. The molecule has 1 aliphatic heterocycles. The molecular weight excluding hydrogens is 288 g/mol. The molecule has 1 saturated heterocycles. The van der Waals surface area contributed by atoms with Gasteiger partial charge in [-0.05, 0) is 55.3 Å². The van der Waals surface area contributed by atoms with Gasteiger partial charge in [-0.1, -0.05) is 32.9 Å². The van der Waals surface area contributed by atoms with Gasteiger partial charge < -0.3 is 15.4 Å². The maximum Gasteiger partial charge on any atom is 0.263 e. The van der Waals surface area contributed by atoms with E-state index in [9.17, 15) is 4.79 Å². The second kappa shape index (κ2) is 7.35. The van der Waals surface area contributed by atoms with Crippen molar-refractivity contribution in [3.8, 4) is 5.75 Å². The summed E-state index contributed by atoms with van der Waals surface area (Å²) in [5.74, 6) is 1.37. The summed E-state index contributed by atoms with van der Waals surface area (Å²) in [6, 6.07) is 8.04. The highest BCUT2D eigenvalue weighted by atomic mass is 16.5. The molecule has 4 heteroatoms. The number of ether oxygens (including phenoxy) is 1. The average Bonchev–Trinajstić information content (AvgIpc) is 2.54. The van der Waals surface area contributed by atoms with Crippen LogP contribution in [0.3, 0.4) is 0 Å². The standard InChI is InChI=1S/C19H30N2O2/c1-14(18(22)21-11-9-15(13-20)10-12-21)23-17-7-5-16(6-8-17)19(2,3)4/h5-8,14-15H,9-13,20H2,1-4H3. The quantitative estimate of drug-likeness (QED) is 0.928. The minimum absolute atomic E-state index is 0.0698. The highest BCUT2D eigenvalue weighted by Gasteiger charge is 2.26. The molecule has 128 valence electrons. The topological polar surface area (TPSA) is 55.6 Å². The van der Waals surface area contributed by atoms with E-state index in [4.69, 9.17) is 10.5 Å². The zero-order valence-electron chi connectivity index (χ0n) is 14.8. The molecule has 0 spiro atoms. The van der Waals surface area contributed by atoms with Crippen LogP contribution in [0.1, 0.15) is 46.1 Å². The molecule has 0 aromatic heterocycles. The number of hydrogen-bond acceptors (Lipinski definition) is 3. The number of likely N-dealkylation sites (tertiary alicyclic amines) is 1. The van der Waals surface area contributed by atoms with E-state index in [1.165, 1.54) is 5.56 Å². The predicted octanol–water partition coefficient (Wildman–Crippen LogP) is 2.95. The summed E-state index contributed by atoms with van der Waals surface area (Å²) in [6.45, 7) is 10.7. The van der Waals surface area contributed by atoms with Gasteiger partial charge in [-0.25, -0.2) is 0 Å². The third kappa shape index (κ3) is 4.71. The summed E-state index contributed by atoms with van der Waals surface area (Å²) in [5, 5.41) is 0. The lowest BCUT2D eigenvalue weighted by Gasteiger charge is -2.33. The Morgan fingerprint density at radius 3 is 2.30 bits per heavy atom. The van der Waals surface area contributed by atoms with Crippen molar-refractivity contribution in [1.29, 1.82) is 0 Å². The Morgan fingerprint density at radius 2 is 1.83 bits per heavy atom. The van der Waals surface area contributed by atoms with Crippen molar-refractivity contribution in [3.63, 3.8) is 0 Å². The number of amides is 1. The number of rotatable bonds is 4. The second-order valence-corrected chi connectivity index (χ2v) is 7.54. The van der Waals surface area contributed by atoms with Crippen molar-refractivity contribution in [2.24, 2.45) is 11.7 Å². The molecule has 23 heavy (non-hydrogen) atoms. The van der Waals surface area contributed by atoms with E-state index < -0.39 is 6.10 Å². The third-order valence-electron chi connectivity index (χ3n) is 4.64. The van der Waals surface area contributed by atoms with Gasteiger partial charge in [-0.15, -0.1) is 0 Å². The maximum absolute atomic E-state index is 12.5.